The lowest BCUT2D eigenvalue weighted by Gasteiger charge is -2.33. The third-order valence-corrected chi connectivity index (χ3v) is 3.99. The zero-order chi connectivity index (χ0) is 14.3. The molecular formula is C14H15ClN2O3. The van der Waals surface area contributed by atoms with Crippen LogP contribution in [0.2, 0.25) is 5.02 Å². The molecule has 0 aromatic heterocycles. The van der Waals surface area contributed by atoms with Crippen molar-refractivity contribution in [1.29, 1.82) is 0 Å². The largest absolute Gasteiger partial charge is 0.392 e. The molecular weight excluding hydrogens is 280 g/mol. The fourth-order valence-electron chi connectivity index (χ4n) is 2.77. The number of Topliss-reactive ketones (excluding diaryl/α,β-unsaturated/α-hetero) is 1. The summed E-state index contributed by atoms with van der Waals surface area (Å²) in [6, 6.07) is 4.90. The van der Waals surface area contributed by atoms with Gasteiger partial charge in [0.1, 0.15) is 0 Å². The zero-order valence-corrected chi connectivity index (χ0v) is 11.6. The molecule has 106 valence electrons. The highest BCUT2D eigenvalue weighted by molar-refractivity contribution is 6.52. The third kappa shape index (κ3) is 2.32. The number of hydrogen-bond acceptors (Lipinski definition) is 4. The van der Waals surface area contributed by atoms with Gasteiger partial charge in [0, 0.05) is 18.1 Å². The molecule has 20 heavy (non-hydrogen) atoms. The maximum absolute atomic E-state index is 12.1. The maximum atomic E-state index is 12.1. The first-order valence-corrected chi connectivity index (χ1v) is 7.00. The molecule has 5 nitrogen and oxygen atoms in total. The van der Waals surface area contributed by atoms with Gasteiger partial charge in [-0.2, -0.15) is 0 Å². The minimum atomic E-state index is -0.526. The standard InChI is InChI=1S/C14H15ClN2O3/c15-9-3-4-12-11(6-9)13(19)14(20)17(12)8-16-5-1-2-10(18)7-16/h3-4,6,10,18H,1-2,5,7-8H2/t10-/m1/s1. The number of benzene rings is 1. The molecule has 0 saturated carbocycles. The molecule has 1 saturated heterocycles. The first-order chi connectivity index (χ1) is 9.56. The van der Waals surface area contributed by atoms with Crippen molar-refractivity contribution in [1.82, 2.24) is 4.90 Å². The number of amides is 1. The summed E-state index contributed by atoms with van der Waals surface area (Å²) in [5, 5.41) is 10.1. The normalized spacial score (nSPS) is 23.3. The van der Waals surface area contributed by atoms with Gasteiger partial charge < -0.3 is 5.11 Å². The number of piperidine rings is 1. The van der Waals surface area contributed by atoms with E-state index in [1.54, 1.807) is 12.1 Å². The maximum Gasteiger partial charge on any atom is 0.300 e. The van der Waals surface area contributed by atoms with E-state index in [-0.39, 0.29) is 6.10 Å². The fraction of sp³-hybridized carbons (Fsp3) is 0.429. The Morgan fingerprint density at radius 2 is 2.15 bits per heavy atom. The van der Waals surface area contributed by atoms with Crippen molar-refractivity contribution in [2.24, 2.45) is 0 Å². The van der Waals surface area contributed by atoms with Crippen molar-refractivity contribution in [3.8, 4) is 0 Å². The second-order valence-electron chi connectivity index (χ2n) is 5.24. The molecule has 6 heteroatoms. The van der Waals surface area contributed by atoms with E-state index in [9.17, 15) is 14.7 Å². The Morgan fingerprint density at radius 1 is 1.35 bits per heavy atom. The summed E-state index contributed by atoms with van der Waals surface area (Å²) >= 11 is 5.87. The number of carbonyl (C=O) groups is 2. The highest BCUT2D eigenvalue weighted by Crippen LogP contribution is 2.31. The molecule has 2 heterocycles. The van der Waals surface area contributed by atoms with Gasteiger partial charge in [-0.1, -0.05) is 11.6 Å². The number of β-amino-alcohol motifs (C(OH)–C–C–N with tert-alkyl or cyclic N) is 1. The van der Waals surface area contributed by atoms with E-state index < -0.39 is 11.7 Å². The minimum absolute atomic E-state index is 0.330. The molecule has 1 atom stereocenters. The number of likely N-dealkylation sites (tertiary alicyclic amines) is 1. The van der Waals surface area contributed by atoms with Crippen LogP contribution in [-0.2, 0) is 4.79 Å². The number of hydrogen-bond donors (Lipinski definition) is 1. The summed E-state index contributed by atoms with van der Waals surface area (Å²) in [5.41, 5.74) is 0.963. The molecule has 1 N–H and O–H groups in total. The predicted molar refractivity (Wildman–Crippen MR) is 74.9 cm³/mol. The number of aliphatic hydroxyl groups is 1. The average Bonchev–Trinajstić information content (AvgIpc) is 2.64. The van der Waals surface area contributed by atoms with Gasteiger partial charge >= 0.3 is 5.91 Å². The molecule has 2 aliphatic heterocycles. The summed E-state index contributed by atoms with van der Waals surface area (Å²) in [6.07, 6.45) is 1.32. The van der Waals surface area contributed by atoms with Crippen molar-refractivity contribution < 1.29 is 14.7 Å². The first kappa shape index (κ1) is 13.5. The van der Waals surface area contributed by atoms with Crippen LogP contribution in [0.5, 0.6) is 0 Å². The molecule has 2 aliphatic rings. The van der Waals surface area contributed by atoms with Crippen LogP contribution in [0.3, 0.4) is 0 Å². The molecule has 1 fully saturated rings. The summed E-state index contributed by atoms with van der Waals surface area (Å²) in [4.78, 5) is 27.5. The van der Waals surface area contributed by atoms with Crippen molar-refractivity contribution in [3.63, 3.8) is 0 Å². The molecule has 0 radical (unpaired) electrons. The lowest BCUT2D eigenvalue weighted by molar-refractivity contribution is -0.114. The summed E-state index contributed by atoms with van der Waals surface area (Å²) in [6.45, 7) is 1.68. The topological polar surface area (TPSA) is 60.9 Å². The lowest BCUT2D eigenvalue weighted by Crippen LogP contribution is -2.46. The quantitative estimate of drug-likeness (QED) is 0.835. The van der Waals surface area contributed by atoms with E-state index in [1.165, 1.54) is 11.0 Å². The van der Waals surface area contributed by atoms with Gasteiger partial charge in [-0.05, 0) is 31.0 Å². The number of ketones is 1. The molecule has 0 spiro atoms. The van der Waals surface area contributed by atoms with E-state index in [2.05, 4.69) is 0 Å². The Bertz CT molecular complexity index is 576. The average molecular weight is 295 g/mol. The summed E-state index contributed by atoms with van der Waals surface area (Å²) < 4.78 is 0. The summed E-state index contributed by atoms with van der Waals surface area (Å²) in [5.74, 6) is -1.04. The Labute approximate surface area is 121 Å². The number of fused-ring (bicyclic) bond motifs is 1. The molecule has 1 aromatic rings. The van der Waals surface area contributed by atoms with Crippen LogP contribution in [0.1, 0.15) is 23.2 Å². The van der Waals surface area contributed by atoms with Crippen molar-refractivity contribution in [2.75, 3.05) is 24.7 Å². The zero-order valence-electron chi connectivity index (χ0n) is 10.9. The Hall–Kier alpha value is -1.43. The second kappa shape index (κ2) is 5.16. The highest BCUT2D eigenvalue weighted by atomic mass is 35.5. The van der Waals surface area contributed by atoms with Crippen LogP contribution in [-0.4, -0.2) is 47.6 Å². The van der Waals surface area contributed by atoms with Gasteiger partial charge in [0.25, 0.3) is 5.78 Å². The predicted octanol–water partition coefficient (Wildman–Crippen LogP) is 1.28. The summed E-state index contributed by atoms with van der Waals surface area (Å²) in [7, 11) is 0. The van der Waals surface area contributed by atoms with E-state index in [1.807, 2.05) is 4.90 Å². The van der Waals surface area contributed by atoms with Gasteiger partial charge in [-0.15, -0.1) is 0 Å². The van der Waals surface area contributed by atoms with E-state index in [0.29, 0.717) is 29.5 Å². The fourth-order valence-corrected chi connectivity index (χ4v) is 2.94. The molecule has 0 unspecified atom stereocenters. The second-order valence-corrected chi connectivity index (χ2v) is 5.67. The van der Waals surface area contributed by atoms with E-state index in [4.69, 9.17) is 11.6 Å². The van der Waals surface area contributed by atoms with Gasteiger partial charge in [-0.25, -0.2) is 0 Å². The third-order valence-electron chi connectivity index (χ3n) is 3.76. The number of aliphatic hydroxyl groups excluding tert-OH is 1. The van der Waals surface area contributed by atoms with Crippen LogP contribution < -0.4 is 4.90 Å². The van der Waals surface area contributed by atoms with E-state index in [0.717, 1.165) is 19.4 Å². The number of nitrogens with zero attached hydrogens (tertiary/aromatic N) is 2. The molecule has 0 aliphatic carbocycles. The van der Waals surface area contributed by atoms with Crippen LogP contribution in [0.15, 0.2) is 18.2 Å². The van der Waals surface area contributed by atoms with Crippen molar-refractivity contribution in [2.45, 2.75) is 18.9 Å². The molecule has 3 rings (SSSR count). The van der Waals surface area contributed by atoms with Crippen LogP contribution in [0.4, 0.5) is 5.69 Å². The van der Waals surface area contributed by atoms with Crippen LogP contribution in [0, 0.1) is 0 Å². The molecule has 1 amide bonds. The smallest absolute Gasteiger partial charge is 0.300 e. The van der Waals surface area contributed by atoms with Crippen LogP contribution in [0.25, 0.3) is 0 Å². The number of halogens is 1. The Kier molecular flexibility index (Phi) is 3.50. The number of carbonyl (C=O) groups excluding carboxylic acids is 2. The monoisotopic (exact) mass is 294 g/mol. The Morgan fingerprint density at radius 3 is 2.90 bits per heavy atom. The molecule has 0 bridgehead atoms. The van der Waals surface area contributed by atoms with Crippen molar-refractivity contribution in [3.05, 3.63) is 28.8 Å². The first-order valence-electron chi connectivity index (χ1n) is 6.62. The number of anilines is 1. The minimum Gasteiger partial charge on any atom is -0.392 e. The Balaban J connectivity index is 1.84. The van der Waals surface area contributed by atoms with Gasteiger partial charge in [0.15, 0.2) is 0 Å². The molecule has 1 aromatic carbocycles. The lowest BCUT2D eigenvalue weighted by atomic mass is 10.1. The van der Waals surface area contributed by atoms with Gasteiger partial charge in [0.05, 0.1) is 24.0 Å². The van der Waals surface area contributed by atoms with E-state index >= 15 is 0 Å². The SMILES string of the molecule is O=C1C(=O)N(CN2CCC[C@@H](O)C2)c2ccc(Cl)cc21. The number of rotatable bonds is 2. The van der Waals surface area contributed by atoms with Crippen molar-refractivity contribution >= 4 is 29.0 Å². The van der Waals surface area contributed by atoms with Gasteiger partial charge in [0.2, 0.25) is 0 Å². The highest BCUT2D eigenvalue weighted by Gasteiger charge is 2.37. The van der Waals surface area contributed by atoms with Crippen LogP contribution >= 0.6 is 11.6 Å². The van der Waals surface area contributed by atoms with Gasteiger partial charge in [-0.3, -0.25) is 19.4 Å².